The summed E-state index contributed by atoms with van der Waals surface area (Å²) in [5.74, 6) is 0.255. The topological polar surface area (TPSA) is 69.4 Å². The number of nitrogens with two attached hydrogens (primary N) is 1. The molecule has 0 aromatic rings. The first-order valence-corrected chi connectivity index (χ1v) is 3.87. The van der Waals surface area contributed by atoms with Crippen molar-refractivity contribution in [3.8, 4) is 0 Å². The van der Waals surface area contributed by atoms with E-state index >= 15 is 0 Å². The molecule has 0 aromatic carbocycles. The van der Waals surface area contributed by atoms with Crippen molar-refractivity contribution in [3.63, 3.8) is 0 Å². The molecule has 0 aromatic heterocycles. The second-order valence-electron chi connectivity index (χ2n) is 1.58. The zero-order valence-electron chi connectivity index (χ0n) is 8.51. The van der Waals surface area contributed by atoms with Gasteiger partial charge in [0.1, 0.15) is 5.78 Å². The van der Waals surface area contributed by atoms with Gasteiger partial charge in [0.15, 0.2) is 0 Å². The van der Waals surface area contributed by atoms with Crippen molar-refractivity contribution in [2.45, 2.75) is 34.1 Å². The Kier molecular flexibility index (Phi) is 23.6. The Morgan fingerprint density at radius 2 is 1.50 bits per heavy atom. The van der Waals surface area contributed by atoms with Gasteiger partial charge in [-0.25, -0.2) is 4.79 Å². The highest BCUT2D eigenvalue weighted by atomic mass is 16.5. The van der Waals surface area contributed by atoms with Gasteiger partial charge in [0, 0.05) is 6.42 Å². The first kappa shape index (κ1) is 17.1. The van der Waals surface area contributed by atoms with Crippen molar-refractivity contribution in [1.29, 1.82) is 0 Å². The van der Waals surface area contributed by atoms with Gasteiger partial charge in [-0.05, 0) is 6.92 Å². The molecule has 0 bridgehead atoms. The Morgan fingerprint density at radius 1 is 1.33 bits per heavy atom. The molecule has 0 fully saturated rings. The Hall–Kier alpha value is -1.06. The normalized spacial score (nSPS) is 6.42. The van der Waals surface area contributed by atoms with E-state index in [4.69, 9.17) is 0 Å². The fraction of sp³-hybridized carbons (Fsp3) is 0.750. The molecule has 0 spiro atoms. The van der Waals surface area contributed by atoms with Gasteiger partial charge >= 0.3 is 6.09 Å². The third kappa shape index (κ3) is 65.2. The summed E-state index contributed by atoms with van der Waals surface area (Å²) in [6.45, 7) is 7.43. The molecule has 0 heterocycles. The molecule has 0 aliphatic carbocycles. The largest absolute Gasteiger partial charge is 0.453 e. The number of Topliss-reactive ketones (excluding diaryl/α,β-unsaturated/α-hetero) is 1. The number of primary amides is 1. The summed E-state index contributed by atoms with van der Waals surface area (Å²) >= 11 is 0. The molecule has 0 unspecified atom stereocenters. The molecule has 1 amide bonds. The average Bonchev–Trinajstić information content (AvgIpc) is 2.09. The Labute approximate surface area is 74.1 Å². The van der Waals surface area contributed by atoms with E-state index in [1.165, 1.54) is 7.11 Å². The molecule has 0 rings (SSSR count). The maximum Gasteiger partial charge on any atom is 0.404 e. The Morgan fingerprint density at radius 3 is 1.50 bits per heavy atom. The second-order valence-corrected chi connectivity index (χ2v) is 1.58. The van der Waals surface area contributed by atoms with Crippen molar-refractivity contribution in [2.24, 2.45) is 5.73 Å². The number of ether oxygens (including phenoxy) is 1. The highest BCUT2D eigenvalue weighted by Crippen LogP contribution is 1.71. The number of amides is 1. The lowest BCUT2D eigenvalue weighted by atomic mass is 10.4. The Bertz CT molecular complexity index is 98.9. The monoisotopic (exact) mass is 177 g/mol. The smallest absolute Gasteiger partial charge is 0.404 e. The fourth-order valence-corrected chi connectivity index (χ4v) is 0. The molecule has 4 nitrogen and oxygen atoms in total. The van der Waals surface area contributed by atoms with E-state index in [0.717, 1.165) is 0 Å². The van der Waals surface area contributed by atoms with Gasteiger partial charge in [0.25, 0.3) is 0 Å². The quantitative estimate of drug-likeness (QED) is 0.663. The molecule has 0 saturated heterocycles. The fourth-order valence-electron chi connectivity index (χ4n) is 0. The number of ketones is 1. The molecular formula is C8H19NO3. The van der Waals surface area contributed by atoms with Crippen LogP contribution in [-0.4, -0.2) is 19.0 Å². The van der Waals surface area contributed by atoms with E-state index in [9.17, 15) is 9.59 Å². The molecule has 4 heteroatoms. The Balaban J connectivity index is -0.000000112. The van der Waals surface area contributed by atoms with E-state index in [-0.39, 0.29) is 5.78 Å². The van der Waals surface area contributed by atoms with Crippen molar-refractivity contribution in [2.75, 3.05) is 7.11 Å². The van der Waals surface area contributed by atoms with Crippen LogP contribution < -0.4 is 5.73 Å². The number of rotatable bonds is 1. The van der Waals surface area contributed by atoms with Crippen molar-refractivity contribution >= 4 is 11.9 Å². The first-order chi connectivity index (χ1) is 5.54. The van der Waals surface area contributed by atoms with Gasteiger partial charge in [0.05, 0.1) is 7.11 Å². The zero-order valence-corrected chi connectivity index (χ0v) is 8.51. The number of carbonyl (C=O) groups excluding carboxylic acids is 2. The third-order valence-electron chi connectivity index (χ3n) is 0.699. The van der Waals surface area contributed by atoms with Gasteiger partial charge in [-0.1, -0.05) is 20.8 Å². The standard InChI is InChI=1S/C4H8O.C2H5NO2.C2H6/c1-3-4(2)5;1-5-2(3)4;1-2/h3H2,1-2H3;1H3,(H2,3,4);1-2H3. The number of hydrogen-bond donors (Lipinski definition) is 1. The minimum absolute atomic E-state index is 0.255. The lowest BCUT2D eigenvalue weighted by Gasteiger charge is -1.81. The van der Waals surface area contributed by atoms with Crippen LogP contribution >= 0.6 is 0 Å². The molecule has 2 N–H and O–H groups in total. The molecule has 0 atom stereocenters. The first-order valence-electron chi connectivity index (χ1n) is 3.87. The summed E-state index contributed by atoms with van der Waals surface area (Å²) < 4.78 is 3.89. The summed E-state index contributed by atoms with van der Waals surface area (Å²) in [5, 5.41) is 0. The van der Waals surface area contributed by atoms with Crippen molar-refractivity contribution < 1.29 is 14.3 Å². The predicted molar refractivity (Wildman–Crippen MR) is 48.9 cm³/mol. The SMILES string of the molecule is CC.CCC(C)=O.COC(N)=O. The van der Waals surface area contributed by atoms with Gasteiger partial charge < -0.3 is 15.3 Å². The number of hydrogen-bond acceptors (Lipinski definition) is 3. The van der Waals surface area contributed by atoms with E-state index in [1.54, 1.807) is 6.92 Å². The molecule has 0 radical (unpaired) electrons. The minimum atomic E-state index is -0.745. The lowest BCUT2D eigenvalue weighted by molar-refractivity contribution is -0.116. The van der Waals surface area contributed by atoms with E-state index < -0.39 is 6.09 Å². The molecule has 12 heavy (non-hydrogen) atoms. The summed E-state index contributed by atoms with van der Waals surface area (Å²) in [7, 11) is 1.22. The second kappa shape index (κ2) is 16.5. The lowest BCUT2D eigenvalue weighted by Crippen LogP contribution is -2.08. The van der Waals surface area contributed by atoms with E-state index in [1.807, 2.05) is 20.8 Å². The summed E-state index contributed by atoms with van der Waals surface area (Å²) in [5.41, 5.74) is 4.43. The van der Waals surface area contributed by atoms with E-state index in [2.05, 4.69) is 10.5 Å². The van der Waals surface area contributed by atoms with Crippen LogP contribution in [0.2, 0.25) is 0 Å². The van der Waals surface area contributed by atoms with Gasteiger partial charge in [-0.15, -0.1) is 0 Å². The predicted octanol–water partition coefficient (Wildman–Crippen LogP) is 1.72. The summed E-state index contributed by atoms with van der Waals surface area (Å²) in [6.07, 6.45) is -0.0787. The zero-order chi connectivity index (χ0) is 10.6. The van der Waals surface area contributed by atoms with Crippen LogP contribution in [0.25, 0.3) is 0 Å². The molecule has 0 aliphatic heterocycles. The van der Waals surface area contributed by atoms with Gasteiger partial charge in [-0.2, -0.15) is 0 Å². The van der Waals surface area contributed by atoms with Crippen LogP contribution in [0.15, 0.2) is 0 Å². The van der Waals surface area contributed by atoms with Crippen LogP contribution in [0.5, 0.6) is 0 Å². The van der Waals surface area contributed by atoms with Crippen molar-refractivity contribution in [1.82, 2.24) is 0 Å². The molecule has 0 saturated carbocycles. The minimum Gasteiger partial charge on any atom is -0.453 e. The van der Waals surface area contributed by atoms with Crippen molar-refractivity contribution in [3.05, 3.63) is 0 Å². The van der Waals surface area contributed by atoms with Gasteiger partial charge in [0.2, 0.25) is 0 Å². The molecular weight excluding hydrogens is 158 g/mol. The maximum absolute atomic E-state index is 9.81. The highest BCUT2D eigenvalue weighted by molar-refractivity contribution is 5.74. The van der Waals surface area contributed by atoms with Crippen LogP contribution in [0, 0.1) is 0 Å². The number of methoxy groups -OCH3 is 1. The summed E-state index contributed by atoms with van der Waals surface area (Å²) in [4.78, 5) is 19.2. The number of carbonyl (C=O) groups is 2. The highest BCUT2D eigenvalue weighted by Gasteiger charge is 1.77. The maximum atomic E-state index is 9.81. The summed E-state index contributed by atoms with van der Waals surface area (Å²) in [6, 6.07) is 0. The van der Waals surface area contributed by atoms with Crippen LogP contribution in [0.3, 0.4) is 0 Å². The van der Waals surface area contributed by atoms with Crippen LogP contribution in [0.1, 0.15) is 34.1 Å². The van der Waals surface area contributed by atoms with Crippen LogP contribution in [0.4, 0.5) is 4.79 Å². The third-order valence-corrected chi connectivity index (χ3v) is 0.699. The molecule has 0 aliphatic rings. The van der Waals surface area contributed by atoms with Crippen LogP contribution in [-0.2, 0) is 9.53 Å². The average molecular weight is 177 g/mol. The van der Waals surface area contributed by atoms with Gasteiger partial charge in [-0.3, -0.25) is 0 Å². The van der Waals surface area contributed by atoms with E-state index in [0.29, 0.717) is 6.42 Å². The molecule has 74 valence electrons.